The lowest BCUT2D eigenvalue weighted by atomic mass is 9.93. The maximum absolute atomic E-state index is 13.7. The standard InChI is InChI=1S/C25H31N5O4/c1-3-34-19-11-7-6-10-18(19)28-22(31)20-21-23(32)30(17-12-13-17)25(2,14-29(21)15-26-20)24(33)27-16-8-4-5-9-16/h6-7,10-11,15-17H,3-5,8-9,12-14H2,1-2H3,(H,27,33)(H,28,31)/t25-/m1/s1. The van der Waals surface area contributed by atoms with E-state index in [9.17, 15) is 14.4 Å². The summed E-state index contributed by atoms with van der Waals surface area (Å²) in [4.78, 5) is 46.3. The van der Waals surface area contributed by atoms with Gasteiger partial charge in [-0.15, -0.1) is 0 Å². The molecule has 2 aromatic rings. The Balaban J connectivity index is 1.43. The molecule has 9 nitrogen and oxygen atoms in total. The molecule has 0 saturated heterocycles. The van der Waals surface area contributed by atoms with Gasteiger partial charge in [-0.25, -0.2) is 4.98 Å². The largest absolute Gasteiger partial charge is 0.492 e. The summed E-state index contributed by atoms with van der Waals surface area (Å²) in [5.74, 6) is -0.383. The fraction of sp³-hybridized carbons (Fsp3) is 0.520. The molecule has 2 heterocycles. The Morgan fingerprint density at radius 2 is 1.91 bits per heavy atom. The zero-order valence-electron chi connectivity index (χ0n) is 19.7. The van der Waals surface area contributed by atoms with Crippen molar-refractivity contribution in [3.63, 3.8) is 0 Å². The van der Waals surface area contributed by atoms with E-state index < -0.39 is 11.4 Å². The third-order valence-corrected chi connectivity index (χ3v) is 7.01. The van der Waals surface area contributed by atoms with Gasteiger partial charge in [0.05, 0.1) is 25.2 Å². The minimum Gasteiger partial charge on any atom is -0.492 e. The van der Waals surface area contributed by atoms with Crippen LogP contribution in [0.4, 0.5) is 5.69 Å². The highest BCUT2D eigenvalue weighted by Gasteiger charge is 2.54. The number of fused-ring (bicyclic) bond motifs is 1. The van der Waals surface area contributed by atoms with Crippen LogP contribution in [0.15, 0.2) is 30.6 Å². The van der Waals surface area contributed by atoms with Gasteiger partial charge in [-0.1, -0.05) is 25.0 Å². The van der Waals surface area contributed by atoms with Crippen LogP contribution in [0.1, 0.15) is 73.3 Å². The predicted molar refractivity (Wildman–Crippen MR) is 126 cm³/mol. The van der Waals surface area contributed by atoms with Crippen molar-refractivity contribution in [2.75, 3.05) is 11.9 Å². The topological polar surface area (TPSA) is 106 Å². The van der Waals surface area contributed by atoms with Crippen LogP contribution in [0.3, 0.4) is 0 Å². The number of carbonyl (C=O) groups is 3. The molecule has 2 aliphatic carbocycles. The number of ether oxygens (including phenoxy) is 1. The predicted octanol–water partition coefficient (Wildman–Crippen LogP) is 2.97. The molecule has 1 aromatic heterocycles. The molecule has 3 aliphatic rings. The molecule has 0 unspecified atom stereocenters. The Kier molecular flexibility index (Phi) is 5.79. The van der Waals surface area contributed by atoms with Crippen LogP contribution in [-0.2, 0) is 11.3 Å². The summed E-state index contributed by atoms with van der Waals surface area (Å²) in [7, 11) is 0. The molecule has 2 fully saturated rings. The normalized spacial score (nSPS) is 22.4. The molecule has 9 heteroatoms. The van der Waals surface area contributed by atoms with Crippen molar-refractivity contribution >= 4 is 23.4 Å². The summed E-state index contributed by atoms with van der Waals surface area (Å²) >= 11 is 0. The zero-order valence-corrected chi connectivity index (χ0v) is 19.7. The van der Waals surface area contributed by atoms with E-state index in [-0.39, 0.29) is 41.8 Å². The second kappa shape index (κ2) is 8.77. The van der Waals surface area contributed by atoms with E-state index in [1.54, 1.807) is 27.7 Å². The van der Waals surface area contributed by atoms with E-state index >= 15 is 0 Å². The average molecular weight is 466 g/mol. The van der Waals surface area contributed by atoms with Crippen LogP contribution >= 0.6 is 0 Å². The summed E-state index contributed by atoms with van der Waals surface area (Å²) < 4.78 is 7.25. The van der Waals surface area contributed by atoms with Gasteiger partial charge >= 0.3 is 0 Å². The third kappa shape index (κ3) is 3.93. The first kappa shape index (κ1) is 22.4. The maximum Gasteiger partial charge on any atom is 0.276 e. The van der Waals surface area contributed by atoms with E-state index in [1.807, 2.05) is 19.9 Å². The van der Waals surface area contributed by atoms with Crippen molar-refractivity contribution in [3.8, 4) is 5.75 Å². The quantitative estimate of drug-likeness (QED) is 0.654. The lowest BCUT2D eigenvalue weighted by Gasteiger charge is -2.44. The molecule has 0 spiro atoms. The Hall–Kier alpha value is -3.36. The van der Waals surface area contributed by atoms with E-state index in [1.165, 1.54) is 6.33 Å². The van der Waals surface area contributed by atoms with Gasteiger partial charge in [0.1, 0.15) is 17.0 Å². The monoisotopic (exact) mass is 465 g/mol. The number of nitrogens with one attached hydrogen (secondary N) is 2. The van der Waals surface area contributed by atoms with Crippen molar-refractivity contribution in [1.82, 2.24) is 19.8 Å². The third-order valence-electron chi connectivity index (χ3n) is 7.01. The van der Waals surface area contributed by atoms with E-state index in [2.05, 4.69) is 15.6 Å². The number of nitrogens with zero attached hydrogens (tertiary/aromatic N) is 3. The highest BCUT2D eigenvalue weighted by Crippen LogP contribution is 2.39. The number of anilines is 1. The second-order valence-corrected chi connectivity index (χ2v) is 9.59. The number of para-hydroxylation sites is 2. The first-order chi connectivity index (χ1) is 16.4. The van der Waals surface area contributed by atoms with Gasteiger partial charge in [-0.05, 0) is 51.7 Å². The first-order valence-corrected chi connectivity index (χ1v) is 12.2. The minimum atomic E-state index is -1.02. The van der Waals surface area contributed by atoms with Crippen molar-refractivity contribution in [2.24, 2.45) is 0 Å². The summed E-state index contributed by atoms with van der Waals surface area (Å²) in [5, 5.41) is 6.00. The molecule has 1 aromatic carbocycles. The molecule has 1 atom stereocenters. The van der Waals surface area contributed by atoms with Gasteiger partial charge in [0.25, 0.3) is 11.8 Å². The summed E-state index contributed by atoms with van der Waals surface area (Å²) in [6.07, 6.45) is 7.38. The average Bonchev–Trinajstić information content (AvgIpc) is 3.32. The maximum atomic E-state index is 13.7. The van der Waals surface area contributed by atoms with Gasteiger partial charge in [-0.2, -0.15) is 0 Å². The minimum absolute atomic E-state index is 0.00469. The lowest BCUT2D eigenvalue weighted by Crippen LogP contribution is -2.65. The van der Waals surface area contributed by atoms with Crippen LogP contribution in [0, 0.1) is 0 Å². The van der Waals surface area contributed by atoms with Crippen LogP contribution in [-0.4, -0.2) is 56.4 Å². The van der Waals surface area contributed by atoms with Gasteiger partial charge in [-0.3, -0.25) is 14.4 Å². The molecule has 0 bridgehead atoms. The van der Waals surface area contributed by atoms with Gasteiger partial charge in [0, 0.05) is 12.1 Å². The summed E-state index contributed by atoms with van der Waals surface area (Å²) in [5.41, 5.74) is -0.229. The number of hydrogen-bond donors (Lipinski definition) is 2. The van der Waals surface area contributed by atoms with Gasteiger partial charge < -0.3 is 24.8 Å². The molecule has 180 valence electrons. The highest BCUT2D eigenvalue weighted by molar-refractivity contribution is 6.12. The van der Waals surface area contributed by atoms with E-state index in [4.69, 9.17) is 4.74 Å². The number of amides is 3. The number of hydrogen-bond acceptors (Lipinski definition) is 5. The molecular formula is C25H31N5O4. The van der Waals surface area contributed by atoms with E-state index in [0.717, 1.165) is 38.5 Å². The molecule has 1 aliphatic heterocycles. The summed E-state index contributed by atoms with van der Waals surface area (Å²) in [6.45, 7) is 4.42. The Morgan fingerprint density at radius 3 is 2.62 bits per heavy atom. The van der Waals surface area contributed by atoms with Gasteiger partial charge in [0.2, 0.25) is 5.91 Å². The molecule has 3 amide bonds. The summed E-state index contributed by atoms with van der Waals surface area (Å²) in [6, 6.07) is 7.31. The lowest BCUT2D eigenvalue weighted by molar-refractivity contribution is -0.134. The van der Waals surface area contributed by atoms with Crippen molar-refractivity contribution in [3.05, 3.63) is 42.0 Å². The van der Waals surface area contributed by atoms with Gasteiger partial charge in [0.15, 0.2) is 5.69 Å². The fourth-order valence-electron chi connectivity index (χ4n) is 5.17. The molecule has 2 saturated carbocycles. The van der Waals surface area contributed by atoms with Crippen LogP contribution < -0.4 is 15.4 Å². The Bertz CT molecular complexity index is 1120. The number of carbonyl (C=O) groups excluding carboxylic acids is 3. The smallest absolute Gasteiger partial charge is 0.276 e. The van der Waals surface area contributed by atoms with Crippen LogP contribution in [0.5, 0.6) is 5.75 Å². The number of benzene rings is 1. The van der Waals surface area contributed by atoms with Crippen molar-refractivity contribution in [1.29, 1.82) is 0 Å². The molecule has 0 radical (unpaired) electrons. The fourth-order valence-corrected chi connectivity index (χ4v) is 5.17. The highest BCUT2D eigenvalue weighted by atomic mass is 16.5. The Labute approximate surface area is 198 Å². The van der Waals surface area contributed by atoms with Crippen molar-refractivity contribution in [2.45, 2.75) is 76.5 Å². The molecular weight excluding hydrogens is 434 g/mol. The Morgan fingerprint density at radius 1 is 1.18 bits per heavy atom. The van der Waals surface area contributed by atoms with Crippen LogP contribution in [0.2, 0.25) is 0 Å². The molecule has 2 N–H and O–H groups in total. The van der Waals surface area contributed by atoms with E-state index in [0.29, 0.717) is 18.0 Å². The molecule has 34 heavy (non-hydrogen) atoms. The molecule has 5 rings (SSSR count). The zero-order chi connectivity index (χ0) is 23.9. The van der Waals surface area contributed by atoms with Crippen LogP contribution in [0.25, 0.3) is 0 Å². The number of rotatable bonds is 7. The first-order valence-electron chi connectivity index (χ1n) is 12.2. The SMILES string of the molecule is CCOc1ccccc1NC(=O)c1ncn2c1C(=O)N(C1CC1)[C@@](C)(C(=O)NC1CCCC1)C2. The van der Waals surface area contributed by atoms with Crippen molar-refractivity contribution < 1.29 is 19.1 Å². The number of imidazole rings is 1. The second-order valence-electron chi connectivity index (χ2n) is 9.59. The number of aromatic nitrogens is 2.